The van der Waals surface area contributed by atoms with Crippen molar-refractivity contribution in [3.8, 4) is 0 Å². The highest BCUT2D eigenvalue weighted by molar-refractivity contribution is 7.89. The number of benzene rings is 1. The fourth-order valence-corrected chi connectivity index (χ4v) is 3.14. The van der Waals surface area contributed by atoms with Gasteiger partial charge in [0.1, 0.15) is 4.90 Å². The van der Waals surface area contributed by atoms with Crippen LogP contribution in [0.25, 0.3) is 0 Å². The molecule has 0 aromatic heterocycles. The van der Waals surface area contributed by atoms with Crippen LogP contribution in [0.5, 0.6) is 0 Å². The van der Waals surface area contributed by atoms with Crippen LogP contribution in [0.15, 0.2) is 23.1 Å². The Morgan fingerprint density at radius 1 is 1.27 bits per heavy atom. The molecule has 1 aliphatic heterocycles. The molecular weight excluding hydrogens is 312 g/mol. The molecule has 1 aromatic carbocycles. The second-order valence-corrected chi connectivity index (χ2v) is 6.48. The van der Waals surface area contributed by atoms with Crippen LogP contribution in [0.2, 0.25) is 0 Å². The smallest absolute Gasteiger partial charge is 0.270 e. The highest BCUT2D eigenvalue weighted by Crippen LogP contribution is 2.29. The van der Waals surface area contributed by atoms with E-state index in [1.165, 1.54) is 19.1 Å². The van der Waals surface area contributed by atoms with E-state index < -0.39 is 14.9 Å². The molecule has 1 aromatic rings. The van der Waals surface area contributed by atoms with Crippen molar-refractivity contribution >= 4 is 27.3 Å². The fourth-order valence-electron chi connectivity index (χ4n) is 2.37. The summed E-state index contributed by atoms with van der Waals surface area (Å²) in [6, 6.07) is 3.57. The van der Waals surface area contributed by atoms with Gasteiger partial charge in [-0.05, 0) is 6.07 Å². The van der Waals surface area contributed by atoms with Crippen molar-refractivity contribution in [2.75, 3.05) is 31.1 Å². The van der Waals surface area contributed by atoms with Gasteiger partial charge in [0.15, 0.2) is 0 Å². The molecule has 10 heteroatoms. The number of hydrogen-bond acceptors (Lipinski definition) is 6. The number of nitrogens with zero attached hydrogens (tertiary/aromatic N) is 3. The number of non-ortho nitro benzene ring substituents is 1. The topological polar surface area (TPSA) is 127 Å². The Kier molecular flexibility index (Phi) is 4.33. The molecule has 1 amide bonds. The van der Waals surface area contributed by atoms with Gasteiger partial charge in [0.25, 0.3) is 5.69 Å². The van der Waals surface area contributed by atoms with Crippen molar-refractivity contribution in [3.63, 3.8) is 0 Å². The van der Waals surface area contributed by atoms with Crippen LogP contribution >= 0.6 is 0 Å². The lowest BCUT2D eigenvalue weighted by atomic mass is 10.2. The second kappa shape index (κ2) is 5.89. The molecule has 0 aliphatic carbocycles. The second-order valence-electron chi connectivity index (χ2n) is 4.95. The molecule has 0 bridgehead atoms. The highest BCUT2D eigenvalue weighted by Gasteiger charge is 2.25. The summed E-state index contributed by atoms with van der Waals surface area (Å²) < 4.78 is 23.4. The van der Waals surface area contributed by atoms with Crippen LogP contribution in [0.1, 0.15) is 6.92 Å². The van der Waals surface area contributed by atoms with Crippen LogP contribution in [0.3, 0.4) is 0 Å². The molecule has 1 fully saturated rings. The van der Waals surface area contributed by atoms with Gasteiger partial charge in [-0.25, -0.2) is 13.6 Å². The average Bonchev–Trinajstić information content (AvgIpc) is 2.45. The minimum absolute atomic E-state index is 0.0463. The van der Waals surface area contributed by atoms with Gasteiger partial charge in [-0.2, -0.15) is 0 Å². The number of nitrogens with two attached hydrogens (primary N) is 1. The third-order valence-corrected chi connectivity index (χ3v) is 4.47. The minimum Gasteiger partial charge on any atom is -0.367 e. The van der Waals surface area contributed by atoms with Crippen LogP contribution in [0, 0.1) is 10.1 Å². The highest BCUT2D eigenvalue weighted by atomic mass is 32.2. The number of primary sulfonamides is 1. The number of nitro benzene ring substituents is 1. The molecule has 22 heavy (non-hydrogen) atoms. The normalized spacial score (nSPS) is 15.7. The summed E-state index contributed by atoms with van der Waals surface area (Å²) in [5.41, 5.74) is -0.0218. The van der Waals surface area contributed by atoms with Crippen molar-refractivity contribution in [1.29, 1.82) is 0 Å². The first-order valence-corrected chi connectivity index (χ1v) is 8.06. The van der Waals surface area contributed by atoms with Crippen molar-refractivity contribution in [2.45, 2.75) is 11.8 Å². The molecule has 0 radical (unpaired) electrons. The summed E-state index contributed by atoms with van der Waals surface area (Å²) in [5.74, 6) is -0.0463. The van der Waals surface area contributed by atoms with Gasteiger partial charge in [0, 0.05) is 45.2 Å². The van der Waals surface area contributed by atoms with Crippen molar-refractivity contribution in [2.24, 2.45) is 5.14 Å². The molecule has 2 rings (SSSR count). The van der Waals surface area contributed by atoms with Gasteiger partial charge in [-0.1, -0.05) is 0 Å². The Bertz CT molecular complexity index is 710. The number of rotatable bonds is 3. The summed E-state index contributed by atoms with van der Waals surface area (Å²) in [4.78, 5) is 24.6. The van der Waals surface area contributed by atoms with Crippen LogP contribution in [-0.4, -0.2) is 50.3 Å². The van der Waals surface area contributed by atoms with E-state index >= 15 is 0 Å². The molecule has 0 spiro atoms. The number of sulfonamides is 1. The lowest BCUT2D eigenvalue weighted by molar-refractivity contribution is -0.385. The molecule has 0 saturated carbocycles. The number of carbonyl (C=O) groups is 1. The molecule has 2 N–H and O–H groups in total. The number of carbonyl (C=O) groups excluding carboxylic acids is 1. The summed E-state index contributed by atoms with van der Waals surface area (Å²) in [6.07, 6.45) is 0. The zero-order chi connectivity index (χ0) is 16.5. The van der Waals surface area contributed by atoms with Gasteiger partial charge >= 0.3 is 0 Å². The molecule has 120 valence electrons. The van der Waals surface area contributed by atoms with Crippen LogP contribution < -0.4 is 10.0 Å². The van der Waals surface area contributed by atoms with E-state index in [2.05, 4.69) is 0 Å². The fraction of sp³-hybridized carbons (Fsp3) is 0.417. The van der Waals surface area contributed by atoms with E-state index in [0.29, 0.717) is 31.9 Å². The number of anilines is 1. The lowest BCUT2D eigenvalue weighted by Gasteiger charge is -2.36. The van der Waals surface area contributed by atoms with Crippen LogP contribution in [0.4, 0.5) is 11.4 Å². The molecule has 1 aliphatic rings. The SMILES string of the molecule is CC(=O)N1CCN(c2ccc([N+](=O)[O-])cc2S(N)(=O)=O)CC1. The standard InChI is InChI=1S/C12H16N4O5S/c1-9(17)14-4-6-15(7-5-14)11-3-2-10(16(18)19)8-12(11)22(13,20)21/h2-3,8H,4-7H2,1H3,(H2,13,20,21). The van der Waals surface area contributed by atoms with Crippen molar-refractivity contribution < 1.29 is 18.1 Å². The van der Waals surface area contributed by atoms with E-state index in [4.69, 9.17) is 5.14 Å². The Morgan fingerprint density at radius 3 is 2.32 bits per heavy atom. The van der Waals surface area contributed by atoms with Crippen molar-refractivity contribution in [3.05, 3.63) is 28.3 Å². The van der Waals surface area contributed by atoms with E-state index in [1.54, 1.807) is 9.80 Å². The Hall–Kier alpha value is -2.20. The number of nitro groups is 1. The average molecular weight is 328 g/mol. The lowest BCUT2D eigenvalue weighted by Crippen LogP contribution is -2.48. The number of amides is 1. The summed E-state index contributed by atoms with van der Waals surface area (Å²) in [6.45, 7) is 3.24. The largest absolute Gasteiger partial charge is 0.367 e. The van der Waals surface area contributed by atoms with Gasteiger partial charge in [0.05, 0.1) is 10.6 Å². The maximum atomic E-state index is 11.7. The predicted octanol–water partition coefficient (Wildman–Crippen LogP) is -0.0893. The first-order chi connectivity index (χ1) is 10.2. The Morgan fingerprint density at radius 2 is 1.86 bits per heavy atom. The Labute approximate surface area is 127 Å². The van der Waals surface area contributed by atoms with Crippen LogP contribution in [-0.2, 0) is 14.8 Å². The number of hydrogen-bond donors (Lipinski definition) is 1. The summed E-state index contributed by atoms with van der Waals surface area (Å²) in [7, 11) is -4.10. The number of piperazine rings is 1. The van der Waals surface area contributed by atoms with E-state index in [1.807, 2.05) is 0 Å². The van der Waals surface area contributed by atoms with Gasteiger partial charge in [0.2, 0.25) is 15.9 Å². The maximum Gasteiger partial charge on any atom is 0.270 e. The summed E-state index contributed by atoms with van der Waals surface area (Å²) >= 11 is 0. The molecule has 1 saturated heterocycles. The predicted molar refractivity (Wildman–Crippen MR) is 78.9 cm³/mol. The minimum atomic E-state index is -4.10. The summed E-state index contributed by atoms with van der Waals surface area (Å²) in [5, 5.41) is 16.0. The third-order valence-electron chi connectivity index (χ3n) is 3.53. The van der Waals surface area contributed by atoms with Gasteiger partial charge < -0.3 is 9.80 Å². The first-order valence-electron chi connectivity index (χ1n) is 6.52. The third kappa shape index (κ3) is 3.34. The monoisotopic (exact) mass is 328 g/mol. The maximum absolute atomic E-state index is 11.7. The first kappa shape index (κ1) is 16.2. The molecular formula is C12H16N4O5S. The zero-order valence-electron chi connectivity index (χ0n) is 11.9. The Balaban J connectivity index is 2.36. The van der Waals surface area contributed by atoms with E-state index in [0.717, 1.165) is 6.07 Å². The van der Waals surface area contributed by atoms with Gasteiger partial charge in [-0.15, -0.1) is 0 Å². The molecule has 0 atom stereocenters. The van der Waals surface area contributed by atoms with E-state index in [9.17, 15) is 23.3 Å². The zero-order valence-corrected chi connectivity index (χ0v) is 12.7. The quantitative estimate of drug-likeness (QED) is 0.610. The van der Waals surface area contributed by atoms with E-state index in [-0.39, 0.29) is 16.5 Å². The molecule has 1 heterocycles. The van der Waals surface area contributed by atoms with Gasteiger partial charge in [-0.3, -0.25) is 14.9 Å². The van der Waals surface area contributed by atoms with Crippen molar-refractivity contribution in [1.82, 2.24) is 4.90 Å². The molecule has 0 unspecified atom stereocenters. The molecule has 9 nitrogen and oxygen atoms in total.